The Morgan fingerprint density at radius 1 is 1.38 bits per heavy atom. The molecule has 7 heteroatoms. The summed E-state index contributed by atoms with van der Waals surface area (Å²) in [6, 6.07) is 1.36. The van der Waals surface area contributed by atoms with Crippen molar-refractivity contribution < 1.29 is 18.7 Å². The van der Waals surface area contributed by atoms with Crippen molar-refractivity contribution in [1.82, 2.24) is 15.2 Å². The van der Waals surface area contributed by atoms with Crippen molar-refractivity contribution in [3.05, 3.63) is 29.8 Å². The molecule has 2 heterocycles. The maximum atomic E-state index is 13.5. The van der Waals surface area contributed by atoms with Crippen LogP contribution in [0.4, 0.5) is 9.18 Å². The fourth-order valence-corrected chi connectivity index (χ4v) is 2.54. The zero-order valence-electron chi connectivity index (χ0n) is 14.3. The number of likely N-dealkylation sites (tertiary alicyclic amines) is 1. The molecular weight excluding hydrogens is 313 g/mol. The average Bonchev–Trinajstić information content (AvgIpc) is 2.52. The van der Waals surface area contributed by atoms with E-state index in [-0.39, 0.29) is 17.6 Å². The summed E-state index contributed by atoms with van der Waals surface area (Å²) in [5, 5.41) is 2.75. The number of aromatic nitrogens is 1. The Labute approximate surface area is 141 Å². The van der Waals surface area contributed by atoms with E-state index >= 15 is 0 Å². The van der Waals surface area contributed by atoms with E-state index in [4.69, 9.17) is 4.74 Å². The molecule has 1 saturated heterocycles. The van der Waals surface area contributed by atoms with E-state index in [1.807, 2.05) is 20.8 Å². The zero-order valence-corrected chi connectivity index (χ0v) is 14.3. The van der Waals surface area contributed by atoms with Gasteiger partial charge in [0.25, 0.3) is 5.91 Å². The number of carbonyl (C=O) groups is 2. The van der Waals surface area contributed by atoms with Crippen molar-refractivity contribution in [3.63, 3.8) is 0 Å². The minimum atomic E-state index is -0.630. The maximum absolute atomic E-state index is 13.5. The molecule has 0 atom stereocenters. The lowest BCUT2D eigenvalue weighted by atomic mass is 9.97. The number of nitrogens with zero attached hydrogens (tertiary/aromatic N) is 2. The van der Waals surface area contributed by atoms with Crippen LogP contribution in [-0.2, 0) is 4.74 Å². The Bertz CT molecular complexity index is 593. The van der Waals surface area contributed by atoms with E-state index in [1.54, 1.807) is 4.90 Å². The molecule has 0 radical (unpaired) electrons. The first-order valence-corrected chi connectivity index (χ1v) is 8.12. The number of pyridine rings is 1. The average molecular weight is 337 g/mol. The second kappa shape index (κ2) is 7.59. The van der Waals surface area contributed by atoms with Crippen LogP contribution in [0, 0.1) is 11.7 Å². The highest BCUT2D eigenvalue weighted by molar-refractivity contribution is 5.94. The summed E-state index contributed by atoms with van der Waals surface area (Å²) in [4.78, 5) is 29.3. The van der Waals surface area contributed by atoms with E-state index in [0.29, 0.717) is 19.6 Å². The van der Waals surface area contributed by atoms with Gasteiger partial charge in [-0.3, -0.25) is 9.78 Å². The molecule has 24 heavy (non-hydrogen) atoms. The summed E-state index contributed by atoms with van der Waals surface area (Å²) in [6.07, 6.45) is 3.66. The quantitative estimate of drug-likeness (QED) is 0.920. The second-order valence-corrected chi connectivity index (χ2v) is 6.98. The first-order valence-electron chi connectivity index (χ1n) is 8.12. The van der Waals surface area contributed by atoms with Gasteiger partial charge in [-0.05, 0) is 45.6 Å². The lowest BCUT2D eigenvalue weighted by Gasteiger charge is -2.33. The number of amides is 2. The molecule has 132 valence electrons. The summed E-state index contributed by atoms with van der Waals surface area (Å²) >= 11 is 0. The van der Waals surface area contributed by atoms with Gasteiger partial charge in [0, 0.05) is 25.8 Å². The number of nitrogens with one attached hydrogen (secondary N) is 1. The number of piperidine rings is 1. The van der Waals surface area contributed by atoms with Crippen LogP contribution >= 0.6 is 0 Å². The highest BCUT2D eigenvalue weighted by Gasteiger charge is 2.27. The third-order valence-electron chi connectivity index (χ3n) is 3.83. The van der Waals surface area contributed by atoms with Gasteiger partial charge in [0.1, 0.15) is 5.60 Å². The Morgan fingerprint density at radius 2 is 2.04 bits per heavy atom. The Hall–Kier alpha value is -2.18. The smallest absolute Gasteiger partial charge is 0.410 e. The Balaban J connectivity index is 1.76. The molecule has 0 aliphatic carbocycles. The van der Waals surface area contributed by atoms with E-state index < -0.39 is 17.3 Å². The third-order valence-corrected chi connectivity index (χ3v) is 3.83. The normalized spacial score (nSPS) is 15.9. The largest absolute Gasteiger partial charge is 0.444 e. The van der Waals surface area contributed by atoms with Gasteiger partial charge < -0.3 is 15.0 Å². The number of hydrogen-bond donors (Lipinski definition) is 1. The molecule has 1 fully saturated rings. The molecule has 0 bridgehead atoms. The molecule has 1 N–H and O–H groups in total. The summed E-state index contributed by atoms with van der Waals surface area (Å²) in [6.45, 7) is 7.17. The number of halogens is 1. The van der Waals surface area contributed by atoms with Crippen molar-refractivity contribution in [2.24, 2.45) is 5.92 Å². The molecule has 1 aliphatic rings. The fourth-order valence-electron chi connectivity index (χ4n) is 2.54. The van der Waals surface area contributed by atoms with Gasteiger partial charge in [0.15, 0.2) is 5.82 Å². The van der Waals surface area contributed by atoms with E-state index in [9.17, 15) is 14.0 Å². The number of rotatable bonds is 3. The summed E-state index contributed by atoms with van der Waals surface area (Å²) in [5.41, 5.74) is -0.507. The minimum absolute atomic E-state index is 0.00353. The predicted molar refractivity (Wildman–Crippen MR) is 87.1 cm³/mol. The van der Waals surface area contributed by atoms with Crippen molar-refractivity contribution in [3.8, 4) is 0 Å². The second-order valence-electron chi connectivity index (χ2n) is 6.98. The van der Waals surface area contributed by atoms with E-state index in [1.165, 1.54) is 12.3 Å². The molecule has 0 unspecified atom stereocenters. The molecule has 1 aliphatic heterocycles. The highest BCUT2D eigenvalue weighted by Crippen LogP contribution is 2.19. The third kappa shape index (κ3) is 5.18. The lowest BCUT2D eigenvalue weighted by Crippen LogP contribution is -2.43. The van der Waals surface area contributed by atoms with Crippen LogP contribution in [0.25, 0.3) is 0 Å². The van der Waals surface area contributed by atoms with E-state index in [0.717, 1.165) is 19.0 Å². The van der Waals surface area contributed by atoms with Crippen LogP contribution in [0.15, 0.2) is 18.5 Å². The summed E-state index contributed by atoms with van der Waals surface area (Å²) in [7, 11) is 0. The topological polar surface area (TPSA) is 71.5 Å². The Kier molecular flexibility index (Phi) is 5.75. The molecule has 1 aromatic heterocycles. The number of carbonyl (C=O) groups excluding carboxylic acids is 2. The number of ether oxygens (including phenoxy) is 1. The van der Waals surface area contributed by atoms with Crippen molar-refractivity contribution in [2.45, 2.75) is 39.2 Å². The van der Waals surface area contributed by atoms with Crippen LogP contribution in [0.2, 0.25) is 0 Å². The summed E-state index contributed by atoms with van der Waals surface area (Å²) < 4.78 is 18.9. The van der Waals surface area contributed by atoms with Crippen molar-refractivity contribution >= 4 is 12.0 Å². The monoisotopic (exact) mass is 337 g/mol. The fraction of sp³-hybridized carbons (Fsp3) is 0.588. The van der Waals surface area contributed by atoms with Crippen molar-refractivity contribution in [2.75, 3.05) is 19.6 Å². The molecule has 2 amide bonds. The van der Waals surface area contributed by atoms with Gasteiger partial charge in [-0.25, -0.2) is 9.18 Å². The minimum Gasteiger partial charge on any atom is -0.444 e. The van der Waals surface area contributed by atoms with Gasteiger partial charge in [0.05, 0.1) is 11.8 Å². The molecule has 6 nitrogen and oxygen atoms in total. The molecule has 0 spiro atoms. The van der Waals surface area contributed by atoms with Gasteiger partial charge >= 0.3 is 6.09 Å². The molecule has 0 saturated carbocycles. The molecule has 1 aromatic rings. The van der Waals surface area contributed by atoms with Crippen LogP contribution < -0.4 is 5.32 Å². The van der Waals surface area contributed by atoms with Crippen LogP contribution in [0.1, 0.15) is 44.0 Å². The SMILES string of the molecule is CC(C)(C)OC(=O)N1CCC(CNC(=O)c2ccncc2F)CC1. The van der Waals surface area contributed by atoms with Gasteiger partial charge in [-0.15, -0.1) is 0 Å². The van der Waals surface area contributed by atoms with Gasteiger partial charge in [0.2, 0.25) is 0 Å². The molecule has 0 aromatic carbocycles. The Morgan fingerprint density at radius 3 is 2.62 bits per heavy atom. The highest BCUT2D eigenvalue weighted by atomic mass is 19.1. The van der Waals surface area contributed by atoms with Crippen LogP contribution in [0.5, 0.6) is 0 Å². The first kappa shape index (κ1) is 18.2. The van der Waals surface area contributed by atoms with Gasteiger partial charge in [-0.2, -0.15) is 0 Å². The number of hydrogen-bond acceptors (Lipinski definition) is 4. The van der Waals surface area contributed by atoms with Gasteiger partial charge in [-0.1, -0.05) is 0 Å². The summed E-state index contributed by atoms with van der Waals surface area (Å²) in [5.74, 6) is -0.809. The van der Waals surface area contributed by atoms with Crippen molar-refractivity contribution in [1.29, 1.82) is 0 Å². The zero-order chi connectivity index (χ0) is 17.7. The first-order chi connectivity index (χ1) is 11.3. The maximum Gasteiger partial charge on any atom is 0.410 e. The van der Waals surface area contributed by atoms with Crippen LogP contribution in [-0.4, -0.2) is 47.1 Å². The van der Waals surface area contributed by atoms with Crippen LogP contribution in [0.3, 0.4) is 0 Å². The standard InChI is InChI=1S/C17H24FN3O3/c1-17(2,3)24-16(23)21-8-5-12(6-9-21)10-20-15(22)13-4-7-19-11-14(13)18/h4,7,11-12H,5-6,8-10H2,1-3H3,(H,20,22). The molecule has 2 rings (SSSR count). The van der Waals surface area contributed by atoms with E-state index in [2.05, 4.69) is 10.3 Å². The lowest BCUT2D eigenvalue weighted by molar-refractivity contribution is 0.0183. The predicted octanol–water partition coefficient (Wildman–Crippen LogP) is 2.60. The molecular formula is C17H24FN3O3.